The number of rotatable bonds is 5. The summed E-state index contributed by atoms with van der Waals surface area (Å²) >= 11 is 0. The second-order valence-corrected chi connectivity index (χ2v) is 5.19. The molecule has 88 valence electrons. The van der Waals surface area contributed by atoms with Crippen molar-refractivity contribution in [1.29, 1.82) is 0 Å². The lowest BCUT2D eigenvalue weighted by Crippen LogP contribution is -2.33. The molecule has 0 aromatic carbocycles. The van der Waals surface area contributed by atoms with E-state index < -0.39 is 0 Å². The molecule has 2 heteroatoms. The summed E-state index contributed by atoms with van der Waals surface area (Å²) < 4.78 is 0. The highest BCUT2D eigenvalue weighted by Crippen LogP contribution is 2.17. The maximum atomic E-state index is 3.72. The Morgan fingerprint density at radius 2 is 1.67 bits per heavy atom. The zero-order chi connectivity index (χ0) is 10.3. The summed E-state index contributed by atoms with van der Waals surface area (Å²) in [5.74, 6) is 0. The van der Waals surface area contributed by atoms with Gasteiger partial charge >= 0.3 is 0 Å². The maximum Gasteiger partial charge on any atom is 0.00670 e. The largest absolute Gasteiger partial charge is 0.314 e. The van der Waals surface area contributed by atoms with Gasteiger partial charge in [0.1, 0.15) is 0 Å². The minimum Gasteiger partial charge on any atom is -0.314 e. The van der Waals surface area contributed by atoms with E-state index in [1.54, 1.807) is 0 Å². The summed E-state index contributed by atoms with van der Waals surface area (Å²) in [6, 6.07) is 0.845. The molecule has 1 saturated carbocycles. The SMILES string of the molecule is C1CCC(NCCCN2CCCC2)CC1. The van der Waals surface area contributed by atoms with E-state index >= 15 is 0 Å². The summed E-state index contributed by atoms with van der Waals surface area (Å²) in [7, 11) is 0. The van der Waals surface area contributed by atoms with Gasteiger partial charge in [0.15, 0.2) is 0 Å². The molecule has 0 unspecified atom stereocenters. The van der Waals surface area contributed by atoms with E-state index in [0.29, 0.717) is 0 Å². The zero-order valence-corrected chi connectivity index (χ0v) is 10.0. The summed E-state index contributed by atoms with van der Waals surface area (Å²) in [6.07, 6.45) is 11.4. The lowest BCUT2D eigenvalue weighted by Gasteiger charge is -2.23. The van der Waals surface area contributed by atoms with Gasteiger partial charge in [0.2, 0.25) is 0 Å². The van der Waals surface area contributed by atoms with Crippen molar-refractivity contribution in [3.8, 4) is 0 Å². The van der Waals surface area contributed by atoms with Crippen molar-refractivity contribution in [2.75, 3.05) is 26.2 Å². The monoisotopic (exact) mass is 210 g/mol. The van der Waals surface area contributed by atoms with Crippen LogP contribution >= 0.6 is 0 Å². The van der Waals surface area contributed by atoms with E-state index in [0.717, 1.165) is 6.04 Å². The van der Waals surface area contributed by atoms with Gasteiger partial charge in [-0.3, -0.25) is 0 Å². The maximum absolute atomic E-state index is 3.72. The van der Waals surface area contributed by atoms with Crippen molar-refractivity contribution in [1.82, 2.24) is 10.2 Å². The molecule has 2 nitrogen and oxygen atoms in total. The van der Waals surface area contributed by atoms with Gasteiger partial charge in [0, 0.05) is 6.04 Å². The Hall–Kier alpha value is -0.0800. The highest BCUT2D eigenvalue weighted by atomic mass is 15.1. The minimum absolute atomic E-state index is 0.845. The predicted molar refractivity (Wildman–Crippen MR) is 65.2 cm³/mol. The van der Waals surface area contributed by atoms with Gasteiger partial charge in [-0.2, -0.15) is 0 Å². The van der Waals surface area contributed by atoms with Crippen LogP contribution in [0.25, 0.3) is 0 Å². The molecule has 1 aliphatic heterocycles. The third-order valence-electron chi connectivity index (χ3n) is 3.89. The number of hydrogen-bond donors (Lipinski definition) is 1. The number of hydrogen-bond acceptors (Lipinski definition) is 2. The lowest BCUT2D eigenvalue weighted by atomic mass is 9.95. The Kier molecular flexibility index (Phi) is 4.94. The molecule has 0 amide bonds. The summed E-state index contributed by atoms with van der Waals surface area (Å²) in [5.41, 5.74) is 0. The van der Waals surface area contributed by atoms with Crippen LogP contribution in [-0.2, 0) is 0 Å². The molecule has 15 heavy (non-hydrogen) atoms. The molecule has 2 aliphatic rings. The van der Waals surface area contributed by atoms with Crippen LogP contribution in [0.1, 0.15) is 51.4 Å². The molecule has 2 rings (SSSR count). The number of nitrogens with zero attached hydrogens (tertiary/aromatic N) is 1. The molecule has 2 fully saturated rings. The molecular weight excluding hydrogens is 184 g/mol. The topological polar surface area (TPSA) is 15.3 Å². The highest BCUT2D eigenvalue weighted by Gasteiger charge is 2.13. The van der Waals surface area contributed by atoms with Crippen LogP contribution in [0.5, 0.6) is 0 Å². The van der Waals surface area contributed by atoms with Crippen LogP contribution in [0.2, 0.25) is 0 Å². The Balaban J connectivity index is 1.47. The van der Waals surface area contributed by atoms with Crippen LogP contribution in [-0.4, -0.2) is 37.1 Å². The van der Waals surface area contributed by atoms with Crippen molar-refractivity contribution in [2.24, 2.45) is 0 Å². The minimum atomic E-state index is 0.845. The van der Waals surface area contributed by atoms with Crippen molar-refractivity contribution in [3.63, 3.8) is 0 Å². The van der Waals surface area contributed by atoms with Crippen LogP contribution in [0.15, 0.2) is 0 Å². The molecule has 0 spiro atoms. The van der Waals surface area contributed by atoms with Crippen molar-refractivity contribution in [2.45, 2.75) is 57.4 Å². The fraction of sp³-hybridized carbons (Fsp3) is 1.00. The van der Waals surface area contributed by atoms with E-state index in [2.05, 4.69) is 10.2 Å². The van der Waals surface area contributed by atoms with Gasteiger partial charge in [0.25, 0.3) is 0 Å². The Labute approximate surface area is 94.4 Å². The second kappa shape index (κ2) is 6.49. The van der Waals surface area contributed by atoms with E-state index in [1.165, 1.54) is 77.5 Å². The number of likely N-dealkylation sites (tertiary alicyclic amines) is 1. The van der Waals surface area contributed by atoms with Crippen LogP contribution in [0, 0.1) is 0 Å². The third-order valence-corrected chi connectivity index (χ3v) is 3.89. The van der Waals surface area contributed by atoms with Gasteiger partial charge in [-0.15, -0.1) is 0 Å². The first-order chi connectivity index (χ1) is 7.45. The van der Waals surface area contributed by atoms with Crippen LogP contribution in [0.4, 0.5) is 0 Å². The van der Waals surface area contributed by atoms with Crippen molar-refractivity contribution >= 4 is 0 Å². The zero-order valence-electron chi connectivity index (χ0n) is 10.0. The predicted octanol–water partition coefficient (Wildman–Crippen LogP) is 2.39. The van der Waals surface area contributed by atoms with Gasteiger partial charge in [-0.1, -0.05) is 19.3 Å². The highest BCUT2D eigenvalue weighted by molar-refractivity contribution is 4.72. The Morgan fingerprint density at radius 3 is 2.40 bits per heavy atom. The summed E-state index contributed by atoms with van der Waals surface area (Å²) in [6.45, 7) is 5.26. The first-order valence-corrected chi connectivity index (χ1v) is 6.91. The average molecular weight is 210 g/mol. The van der Waals surface area contributed by atoms with Crippen LogP contribution in [0.3, 0.4) is 0 Å². The third kappa shape index (κ3) is 4.12. The van der Waals surface area contributed by atoms with Crippen LogP contribution < -0.4 is 5.32 Å². The van der Waals surface area contributed by atoms with Crippen molar-refractivity contribution in [3.05, 3.63) is 0 Å². The first kappa shape index (κ1) is 11.4. The smallest absolute Gasteiger partial charge is 0.00670 e. The fourth-order valence-electron chi connectivity index (χ4n) is 2.92. The standard InChI is InChI=1S/C13H26N2/c1-2-7-13(8-3-1)14-9-6-12-15-10-4-5-11-15/h13-14H,1-12H2. The molecule has 0 bridgehead atoms. The first-order valence-electron chi connectivity index (χ1n) is 6.91. The lowest BCUT2D eigenvalue weighted by molar-refractivity contribution is 0.317. The molecule has 0 radical (unpaired) electrons. The number of nitrogens with one attached hydrogen (secondary N) is 1. The molecular formula is C13H26N2. The van der Waals surface area contributed by atoms with E-state index in [1.807, 2.05) is 0 Å². The van der Waals surface area contributed by atoms with Gasteiger partial charge < -0.3 is 10.2 Å². The molecule has 0 aromatic rings. The van der Waals surface area contributed by atoms with E-state index in [4.69, 9.17) is 0 Å². The Bertz CT molecular complexity index is 158. The fourth-order valence-corrected chi connectivity index (χ4v) is 2.92. The quantitative estimate of drug-likeness (QED) is 0.701. The normalized spacial score (nSPS) is 24.8. The Morgan fingerprint density at radius 1 is 0.933 bits per heavy atom. The van der Waals surface area contributed by atoms with Gasteiger partial charge in [0.05, 0.1) is 0 Å². The van der Waals surface area contributed by atoms with Crippen molar-refractivity contribution < 1.29 is 0 Å². The van der Waals surface area contributed by atoms with E-state index in [9.17, 15) is 0 Å². The summed E-state index contributed by atoms with van der Waals surface area (Å²) in [4.78, 5) is 2.61. The molecule has 0 aromatic heterocycles. The van der Waals surface area contributed by atoms with Gasteiger partial charge in [-0.25, -0.2) is 0 Å². The molecule has 0 atom stereocenters. The molecule has 1 aliphatic carbocycles. The van der Waals surface area contributed by atoms with E-state index in [-0.39, 0.29) is 0 Å². The van der Waals surface area contributed by atoms with Gasteiger partial charge in [-0.05, 0) is 58.3 Å². The molecule has 1 saturated heterocycles. The second-order valence-electron chi connectivity index (χ2n) is 5.19. The molecule has 1 N–H and O–H groups in total. The molecule has 1 heterocycles. The average Bonchev–Trinajstić information content (AvgIpc) is 2.79. The summed E-state index contributed by atoms with van der Waals surface area (Å²) in [5, 5.41) is 3.72.